The van der Waals surface area contributed by atoms with Crippen LogP contribution in [0.1, 0.15) is 19.0 Å². The van der Waals surface area contributed by atoms with Gasteiger partial charge in [0.25, 0.3) is 0 Å². The van der Waals surface area contributed by atoms with Crippen LogP contribution in [0, 0.1) is 0 Å². The van der Waals surface area contributed by atoms with Gasteiger partial charge in [0.1, 0.15) is 0 Å². The quantitative estimate of drug-likeness (QED) is 0.317. The monoisotopic (exact) mass is 225 g/mol. The molecule has 0 aliphatic rings. The summed E-state index contributed by atoms with van der Waals surface area (Å²) in [4.78, 5) is 2.09. The maximum Gasteiger partial charge on any atom is 0.153 e. The minimum atomic E-state index is 0.226. The van der Waals surface area contributed by atoms with E-state index in [1.54, 1.807) is 4.68 Å². The molecule has 0 radical (unpaired) electrons. The number of hydrogen-bond acceptors (Lipinski definition) is 4. The molecular weight excluding hydrogens is 206 g/mol. The fourth-order valence-corrected chi connectivity index (χ4v) is 1.57. The number of rotatable bonds is 6. The number of nitrogens with zero attached hydrogens (tertiary/aromatic N) is 4. The standard InChI is InChI=1S/C10H19N5O/c1-3-5-15(8-10(11)13-16)7-9-4-6-14(2)12-9/h4,6,16H,3,5,7-8H2,1-2H3,(H2,11,13). The van der Waals surface area contributed by atoms with Gasteiger partial charge in [-0.2, -0.15) is 5.10 Å². The second-order valence-corrected chi connectivity index (χ2v) is 3.78. The van der Waals surface area contributed by atoms with Crippen molar-refractivity contribution in [2.24, 2.45) is 17.9 Å². The van der Waals surface area contributed by atoms with Crippen molar-refractivity contribution in [3.63, 3.8) is 0 Å². The Hall–Kier alpha value is -1.56. The summed E-state index contributed by atoms with van der Waals surface area (Å²) in [6, 6.07) is 1.97. The van der Waals surface area contributed by atoms with Crippen LogP contribution in [0.15, 0.2) is 17.4 Å². The Morgan fingerprint density at radius 1 is 1.69 bits per heavy atom. The molecular formula is C10H19N5O. The molecule has 1 heterocycles. The Kier molecular flexibility index (Phi) is 4.78. The molecule has 0 bridgehead atoms. The van der Waals surface area contributed by atoms with Gasteiger partial charge in [0.2, 0.25) is 0 Å². The second kappa shape index (κ2) is 6.12. The van der Waals surface area contributed by atoms with Gasteiger partial charge in [-0.25, -0.2) is 0 Å². The lowest BCUT2D eigenvalue weighted by atomic mass is 10.3. The second-order valence-electron chi connectivity index (χ2n) is 3.78. The van der Waals surface area contributed by atoms with E-state index < -0.39 is 0 Å². The zero-order valence-corrected chi connectivity index (χ0v) is 9.80. The van der Waals surface area contributed by atoms with Gasteiger partial charge in [-0.3, -0.25) is 9.58 Å². The smallest absolute Gasteiger partial charge is 0.153 e. The van der Waals surface area contributed by atoms with E-state index >= 15 is 0 Å². The lowest BCUT2D eigenvalue weighted by Crippen LogP contribution is -2.34. The molecule has 6 heteroatoms. The number of amidine groups is 1. The summed E-state index contributed by atoms with van der Waals surface area (Å²) in [6.45, 7) is 4.16. The van der Waals surface area contributed by atoms with E-state index in [0.29, 0.717) is 13.1 Å². The van der Waals surface area contributed by atoms with Crippen molar-refractivity contribution in [2.75, 3.05) is 13.1 Å². The number of hydrogen-bond donors (Lipinski definition) is 2. The molecule has 0 saturated carbocycles. The molecule has 0 aliphatic carbocycles. The van der Waals surface area contributed by atoms with E-state index in [2.05, 4.69) is 22.1 Å². The largest absolute Gasteiger partial charge is 0.409 e. The van der Waals surface area contributed by atoms with Gasteiger partial charge >= 0.3 is 0 Å². The number of oxime groups is 1. The Balaban J connectivity index is 2.57. The van der Waals surface area contributed by atoms with E-state index in [-0.39, 0.29) is 5.84 Å². The zero-order valence-electron chi connectivity index (χ0n) is 9.80. The highest BCUT2D eigenvalue weighted by atomic mass is 16.4. The van der Waals surface area contributed by atoms with Crippen LogP contribution in [-0.2, 0) is 13.6 Å². The third-order valence-corrected chi connectivity index (χ3v) is 2.21. The van der Waals surface area contributed by atoms with E-state index in [9.17, 15) is 0 Å². The molecule has 0 spiro atoms. The van der Waals surface area contributed by atoms with Gasteiger partial charge in [-0.05, 0) is 19.0 Å². The van der Waals surface area contributed by atoms with Crippen LogP contribution in [0.2, 0.25) is 0 Å². The van der Waals surface area contributed by atoms with Crippen molar-refractivity contribution in [3.05, 3.63) is 18.0 Å². The number of aryl methyl sites for hydroxylation is 1. The molecule has 0 aliphatic heterocycles. The highest BCUT2D eigenvalue weighted by Crippen LogP contribution is 2.02. The lowest BCUT2D eigenvalue weighted by Gasteiger charge is -2.19. The van der Waals surface area contributed by atoms with E-state index in [1.165, 1.54) is 0 Å². The number of aromatic nitrogens is 2. The molecule has 3 N–H and O–H groups in total. The van der Waals surface area contributed by atoms with Crippen LogP contribution >= 0.6 is 0 Å². The van der Waals surface area contributed by atoms with Gasteiger partial charge in [0.05, 0.1) is 12.2 Å². The fourth-order valence-electron chi connectivity index (χ4n) is 1.57. The fraction of sp³-hybridized carbons (Fsp3) is 0.600. The SMILES string of the molecule is CCCN(C/C(N)=N/O)Cc1ccn(C)n1. The van der Waals surface area contributed by atoms with Crippen molar-refractivity contribution >= 4 is 5.84 Å². The minimum Gasteiger partial charge on any atom is -0.409 e. The molecule has 0 unspecified atom stereocenters. The van der Waals surface area contributed by atoms with Crippen LogP contribution in [0.25, 0.3) is 0 Å². The highest BCUT2D eigenvalue weighted by molar-refractivity contribution is 5.81. The van der Waals surface area contributed by atoms with E-state index in [0.717, 1.165) is 18.7 Å². The number of nitrogens with two attached hydrogens (primary N) is 1. The molecule has 6 nitrogen and oxygen atoms in total. The maximum absolute atomic E-state index is 8.54. The summed E-state index contributed by atoms with van der Waals surface area (Å²) in [5.74, 6) is 0.226. The van der Waals surface area contributed by atoms with Crippen molar-refractivity contribution in [1.82, 2.24) is 14.7 Å². The summed E-state index contributed by atoms with van der Waals surface area (Å²) in [5, 5.41) is 15.8. The van der Waals surface area contributed by atoms with Gasteiger partial charge in [-0.1, -0.05) is 12.1 Å². The van der Waals surface area contributed by atoms with E-state index in [4.69, 9.17) is 10.9 Å². The molecule has 0 saturated heterocycles. The summed E-state index contributed by atoms with van der Waals surface area (Å²) in [7, 11) is 1.89. The Bertz CT molecular complexity index is 347. The zero-order chi connectivity index (χ0) is 12.0. The van der Waals surface area contributed by atoms with Crippen molar-refractivity contribution in [2.45, 2.75) is 19.9 Å². The molecule has 1 aromatic rings. The maximum atomic E-state index is 8.54. The van der Waals surface area contributed by atoms with Crippen LogP contribution in [0.5, 0.6) is 0 Å². The van der Waals surface area contributed by atoms with Crippen LogP contribution in [0.3, 0.4) is 0 Å². The molecule has 1 rings (SSSR count). The molecule has 0 amide bonds. The topological polar surface area (TPSA) is 79.7 Å². The third-order valence-electron chi connectivity index (χ3n) is 2.21. The molecule has 0 aromatic carbocycles. The van der Waals surface area contributed by atoms with Crippen LogP contribution in [0.4, 0.5) is 0 Å². The summed E-state index contributed by atoms with van der Waals surface area (Å²) < 4.78 is 1.77. The Morgan fingerprint density at radius 2 is 2.44 bits per heavy atom. The minimum absolute atomic E-state index is 0.226. The van der Waals surface area contributed by atoms with Crippen LogP contribution < -0.4 is 5.73 Å². The first-order valence-electron chi connectivity index (χ1n) is 5.33. The molecule has 90 valence electrons. The van der Waals surface area contributed by atoms with Gasteiger partial charge in [-0.15, -0.1) is 0 Å². The van der Waals surface area contributed by atoms with Crippen molar-refractivity contribution in [1.29, 1.82) is 0 Å². The van der Waals surface area contributed by atoms with Gasteiger partial charge in [0.15, 0.2) is 5.84 Å². The Labute approximate surface area is 95.3 Å². The highest BCUT2D eigenvalue weighted by Gasteiger charge is 2.08. The average molecular weight is 225 g/mol. The molecule has 16 heavy (non-hydrogen) atoms. The predicted octanol–water partition coefficient (Wildman–Crippen LogP) is 0.378. The predicted molar refractivity (Wildman–Crippen MR) is 62.2 cm³/mol. The lowest BCUT2D eigenvalue weighted by molar-refractivity contribution is 0.283. The normalized spacial score (nSPS) is 12.3. The third kappa shape index (κ3) is 3.90. The molecule has 1 aromatic heterocycles. The Morgan fingerprint density at radius 3 is 2.94 bits per heavy atom. The first-order chi connectivity index (χ1) is 7.65. The van der Waals surface area contributed by atoms with E-state index in [1.807, 2.05) is 19.3 Å². The van der Waals surface area contributed by atoms with Crippen molar-refractivity contribution in [3.8, 4) is 0 Å². The van der Waals surface area contributed by atoms with Gasteiger partial charge in [0, 0.05) is 19.8 Å². The first-order valence-corrected chi connectivity index (χ1v) is 5.33. The van der Waals surface area contributed by atoms with Crippen molar-refractivity contribution < 1.29 is 5.21 Å². The summed E-state index contributed by atoms with van der Waals surface area (Å²) in [6.07, 6.45) is 2.93. The summed E-state index contributed by atoms with van der Waals surface area (Å²) >= 11 is 0. The molecule has 0 fully saturated rings. The first kappa shape index (κ1) is 12.5. The average Bonchev–Trinajstić information content (AvgIpc) is 2.64. The van der Waals surface area contributed by atoms with Crippen LogP contribution in [-0.4, -0.2) is 38.8 Å². The summed E-state index contributed by atoms with van der Waals surface area (Å²) in [5.41, 5.74) is 6.48. The molecule has 0 atom stereocenters. The van der Waals surface area contributed by atoms with Gasteiger partial charge < -0.3 is 10.9 Å².